The molecule has 0 radical (unpaired) electrons. The minimum absolute atomic E-state index is 0.193. The molecule has 0 bridgehead atoms. The van der Waals surface area contributed by atoms with Crippen molar-refractivity contribution < 1.29 is 33.4 Å². The summed E-state index contributed by atoms with van der Waals surface area (Å²) < 4.78 is 16.1. The number of nitrogens with zero attached hydrogens (tertiary/aromatic N) is 2. The average Bonchev–Trinajstić information content (AvgIpc) is 2.75. The lowest BCUT2D eigenvalue weighted by atomic mass is 9.88. The maximum Gasteiger partial charge on any atom is 0.437 e. The molecule has 0 aliphatic heterocycles. The molecule has 2 aromatic rings. The van der Waals surface area contributed by atoms with Gasteiger partial charge in [-0.05, 0) is 90.3 Å². The summed E-state index contributed by atoms with van der Waals surface area (Å²) in [6.07, 6.45) is -1.45. The average molecular weight is 552 g/mol. The first kappa shape index (κ1) is 30.3. The number of nitrogens with one attached hydrogen (secondary N) is 1. The van der Waals surface area contributed by atoms with Crippen LogP contribution in [-0.4, -0.2) is 51.8 Å². The second-order valence-corrected chi connectivity index (χ2v) is 12.4. The van der Waals surface area contributed by atoms with Gasteiger partial charge in [0.15, 0.2) is 0 Å². The normalized spacial score (nSPS) is 13.7. The second kappa shape index (κ2) is 11.1. The fourth-order valence-corrected chi connectivity index (χ4v) is 3.92. The Balaban J connectivity index is 2.12. The SMILES string of the molecule is CC(C)(C)OC(=O)N=C(NC(=O)OC(C)(C)C)N(C(=O)OC(C)(C)C)C(=O)C1=Cc2cccc3cccc(c23)C1. The van der Waals surface area contributed by atoms with Crippen LogP contribution < -0.4 is 5.32 Å². The lowest BCUT2D eigenvalue weighted by Gasteiger charge is -2.29. The molecule has 0 fully saturated rings. The van der Waals surface area contributed by atoms with E-state index in [0.29, 0.717) is 4.90 Å². The number of guanidine groups is 1. The Hall–Kier alpha value is -4.21. The fraction of sp³-hybridized carbons (Fsp3) is 0.433. The van der Waals surface area contributed by atoms with E-state index >= 15 is 0 Å². The van der Waals surface area contributed by atoms with Gasteiger partial charge in [-0.25, -0.2) is 14.4 Å². The maximum atomic E-state index is 14.1. The number of hydrogen-bond donors (Lipinski definition) is 1. The number of benzene rings is 2. The lowest BCUT2D eigenvalue weighted by Crippen LogP contribution is -2.53. The summed E-state index contributed by atoms with van der Waals surface area (Å²) in [6, 6.07) is 11.5. The molecule has 0 spiro atoms. The number of rotatable bonds is 1. The van der Waals surface area contributed by atoms with E-state index in [0.717, 1.165) is 21.9 Å². The molecular formula is C30H37N3O7. The zero-order chi connectivity index (χ0) is 30.0. The molecule has 0 aromatic heterocycles. The van der Waals surface area contributed by atoms with Gasteiger partial charge in [0.25, 0.3) is 5.91 Å². The largest absolute Gasteiger partial charge is 0.444 e. The first-order chi connectivity index (χ1) is 18.3. The number of aliphatic imine (C=N–C) groups is 1. The Bertz CT molecular complexity index is 1400. The second-order valence-electron chi connectivity index (χ2n) is 12.4. The number of amides is 4. The van der Waals surface area contributed by atoms with Gasteiger partial charge >= 0.3 is 18.3 Å². The van der Waals surface area contributed by atoms with E-state index in [4.69, 9.17) is 14.2 Å². The summed E-state index contributed by atoms with van der Waals surface area (Å²) in [5.41, 5.74) is -0.980. The van der Waals surface area contributed by atoms with Crippen molar-refractivity contribution in [2.45, 2.75) is 85.5 Å². The molecule has 0 atom stereocenters. The van der Waals surface area contributed by atoms with E-state index in [-0.39, 0.29) is 12.0 Å². The summed E-state index contributed by atoms with van der Waals surface area (Å²) in [5, 5.41) is 4.30. The molecule has 0 unspecified atom stereocenters. The summed E-state index contributed by atoms with van der Waals surface area (Å²) in [4.78, 5) is 57.4. The molecule has 1 N–H and O–H groups in total. The van der Waals surface area contributed by atoms with Gasteiger partial charge in [0, 0.05) is 12.0 Å². The van der Waals surface area contributed by atoms with E-state index in [1.807, 2.05) is 36.4 Å². The van der Waals surface area contributed by atoms with Crippen molar-refractivity contribution in [3.63, 3.8) is 0 Å². The molecule has 0 saturated heterocycles. The zero-order valence-corrected chi connectivity index (χ0v) is 24.5. The highest BCUT2D eigenvalue weighted by Crippen LogP contribution is 2.32. The van der Waals surface area contributed by atoms with Crippen molar-refractivity contribution in [2.24, 2.45) is 4.99 Å². The van der Waals surface area contributed by atoms with Gasteiger partial charge in [-0.1, -0.05) is 36.4 Å². The van der Waals surface area contributed by atoms with Crippen LogP contribution in [0.3, 0.4) is 0 Å². The molecule has 10 nitrogen and oxygen atoms in total. The van der Waals surface area contributed by atoms with Crippen LogP contribution in [0.25, 0.3) is 16.8 Å². The number of ether oxygens (including phenoxy) is 3. The third kappa shape index (κ3) is 8.14. The van der Waals surface area contributed by atoms with Crippen molar-refractivity contribution >= 4 is 47.0 Å². The van der Waals surface area contributed by atoms with Crippen molar-refractivity contribution in [3.05, 3.63) is 53.1 Å². The van der Waals surface area contributed by atoms with Gasteiger partial charge in [0.1, 0.15) is 16.8 Å². The van der Waals surface area contributed by atoms with Crippen LogP contribution in [0.1, 0.15) is 73.4 Å². The van der Waals surface area contributed by atoms with Crippen molar-refractivity contribution in [3.8, 4) is 0 Å². The monoisotopic (exact) mass is 551 g/mol. The quantitative estimate of drug-likeness (QED) is 0.248. The molecular weight excluding hydrogens is 514 g/mol. The third-order valence-corrected chi connectivity index (χ3v) is 5.20. The van der Waals surface area contributed by atoms with Gasteiger partial charge < -0.3 is 14.2 Å². The number of carbonyl (C=O) groups excluding carboxylic acids is 4. The highest BCUT2D eigenvalue weighted by Gasteiger charge is 2.37. The van der Waals surface area contributed by atoms with Crippen LogP contribution >= 0.6 is 0 Å². The first-order valence-corrected chi connectivity index (χ1v) is 12.9. The third-order valence-electron chi connectivity index (χ3n) is 5.20. The smallest absolute Gasteiger partial charge is 0.437 e. The van der Waals surface area contributed by atoms with Gasteiger partial charge in [0.2, 0.25) is 5.96 Å². The number of alkyl carbamates (subject to hydrolysis) is 1. The Labute approximate surface area is 234 Å². The Morgan fingerprint density at radius 3 is 1.95 bits per heavy atom. The summed E-state index contributed by atoms with van der Waals surface area (Å²) in [6.45, 7) is 14.7. The molecule has 1 aliphatic rings. The minimum Gasteiger partial charge on any atom is -0.444 e. The van der Waals surface area contributed by atoms with E-state index < -0.39 is 46.9 Å². The fourth-order valence-electron chi connectivity index (χ4n) is 3.92. The van der Waals surface area contributed by atoms with Gasteiger partial charge in [-0.15, -0.1) is 4.99 Å². The van der Waals surface area contributed by atoms with Crippen LogP contribution in [0.2, 0.25) is 0 Å². The standard InChI is InChI=1S/C30H37N3O7/c1-28(2,3)38-25(35)31-24(32-26(36)39-29(4,5)6)33(27(37)40-30(7,8)9)23(34)21-16-19-14-10-12-18-13-11-15-20(17-21)22(18)19/h10-16H,17H2,1-9H3,(H,31,32,35,36). The van der Waals surface area contributed by atoms with E-state index in [2.05, 4.69) is 10.3 Å². The van der Waals surface area contributed by atoms with E-state index in [1.165, 1.54) is 0 Å². The minimum atomic E-state index is -1.14. The molecule has 40 heavy (non-hydrogen) atoms. The first-order valence-electron chi connectivity index (χ1n) is 12.9. The molecule has 3 rings (SSSR count). The van der Waals surface area contributed by atoms with Crippen LogP contribution in [0.15, 0.2) is 47.0 Å². The number of carbonyl (C=O) groups is 4. The zero-order valence-electron chi connectivity index (χ0n) is 24.5. The Kier molecular flexibility index (Phi) is 8.43. The van der Waals surface area contributed by atoms with E-state index in [9.17, 15) is 19.2 Å². The van der Waals surface area contributed by atoms with Crippen molar-refractivity contribution in [2.75, 3.05) is 0 Å². The lowest BCUT2D eigenvalue weighted by molar-refractivity contribution is -0.123. The maximum absolute atomic E-state index is 14.1. The van der Waals surface area contributed by atoms with Crippen LogP contribution in [-0.2, 0) is 25.4 Å². The molecule has 214 valence electrons. The predicted octanol–water partition coefficient (Wildman–Crippen LogP) is 6.36. The molecule has 0 saturated carbocycles. The molecule has 0 heterocycles. The molecule has 4 amide bonds. The van der Waals surface area contributed by atoms with Gasteiger partial charge in [-0.3, -0.25) is 10.1 Å². The Morgan fingerprint density at radius 1 is 0.800 bits per heavy atom. The molecule has 1 aliphatic carbocycles. The van der Waals surface area contributed by atoms with Crippen LogP contribution in [0.4, 0.5) is 14.4 Å². The molecule has 2 aromatic carbocycles. The Morgan fingerprint density at radius 2 is 1.38 bits per heavy atom. The van der Waals surface area contributed by atoms with E-state index in [1.54, 1.807) is 68.4 Å². The van der Waals surface area contributed by atoms with Gasteiger partial charge in [-0.2, -0.15) is 4.90 Å². The summed E-state index contributed by atoms with van der Waals surface area (Å²) in [7, 11) is 0. The topological polar surface area (TPSA) is 124 Å². The van der Waals surface area contributed by atoms with Crippen molar-refractivity contribution in [1.29, 1.82) is 0 Å². The number of hydrogen-bond acceptors (Lipinski definition) is 7. The number of imide groups is 1. The van der Waals surface area contributed by atoms with Crippen LogP contribution in [0, 0.1) is 0 Å². The summed E-state index contributed by atoms with van der Waals surface area (Å²) >= 11 is 0. The highest BCUT2D eigenvalue weighted by molar-refractivity contribution is 6.21. The predicted molar refractivity (Wildman–Crippen MR) is 152 cm³/mol. The van der Waals surface area contributed by atoms with Crippen LogP contribution in [0.5, 0.6) is 0 Å². The van der Waals surface area contributed by atoms with Gasteiger partial charge in [0.05, 0.1) is 0 Å². The summed E-state index contributed by atoms with van der Waals surface area (Å²) in [5.74, 6) is -1.54. The highest BCUT2D eigenvalue weighted by atomic mass is 16.6. The molecule has 10 heteroatoms. The van der Waals surface area contributed by atoms with Crippen molar-refractivity contribution in [1.82, 2.24) is 10.2 Å².